The first-order valence-electron chi connectivity index (χ1n) is 6.72. The molecule has 2 N–H and O–H groups in total. The quantitative estimate of drug-likeness (QED) is 0.855. The molecule has 0 bridgehead atoms. The van der Waals surface area contributed by atoms with Gasteiger partial charge in [-0.25, -0.2) is 0 Å². The Morgan fingerprint density at radius 2 is 2.35 bits per heavy atom. The van der Waals surface area contributed by atoms with E-state index >= 15 is 0 Å². The molecule has 3 rings (SSSR count). The van der Waals surface area contributed by atoms with Crippen molar-refractivity contribution in [3.05, 3.63) is 48.0 Å². The highest BCUT2D eigenvalue weighted by Crippen LogP contribution is 2.17. The van der Waals surface area contributed by atoms with Crippen molar-refractivity contribution >= 4 is 5.91 Å². The second-order valence-corrected chi connectivity index (χ2v) is 4.85. The lowest BCUT2D eigenvalue weighted by molar-refractivity contribution is -0.122. The smallest absolute Gasteiger partial charge is 0.222 e. The van der Waals surface area contributed by atoms with Crippen LogP contribution in [0.2, 0.25) is 0 Å². The molecule has 0 aliphatic carbocycles. The fraction of sp³-hybridized carbons (Fsp3) is 0.357. The molecule has 2 aromatic heterocycles. The van der Waals surface area contributed by atoms with Gasteiger partial charge in [0.05, 0.1) is 30.4 Å². The highest BCUT2D eigenvalue weighted by molar-refractivity contribution is 5.76. The van der Waals surface area contributed by atoms with Gasteiger partial charge in [-0.3, -0.25) is 14.5 Å². The molecule has 3 heterocycles. The average molecular weight is 271 g/mol. The molecule has 0 saturated heterocycles. The lowest BCUT2D eigenvalue weighted by atomic mass is 10.1. The monoisotopic (exact) mass is 271 g/mol. The molecule has 6 nitrogen and oxygen atoms in total. The SMILES string of the molecule is O=C(CC1CNCc2ccnn21)NCc1ccccn1. The molecule has 0 spiro atoms. The van der Waals surface area contributed by atoms with E-state index in [1.807, 2.05) is 28.9 Å². The molecule has 0 aromatic carbocycles. The van der Waals surface area contributed by atoms with Gasteiger partial charge in [-0.15, -0.1) is 0 Å². The summed E-state index contributed by atoms with van der Waals surface area (Å²) in [5, 5.41) is 10.5. The Morgan fingerprint density at radius 1 is 1.40 bits per heavy atom. The van der Waals surface area contributed by atoms with Crippen LogP contribution in [0.1, 0.15) is 23.9 Å². The highest BCUT2D eigenvalue weighted by Gasteiger charge is 2.22. The van der Waals surface area contributed by atoms with E-state index in [-0.39, 0.29) is 11.9 Å². The number of carbonyl (C=O) groups excluding carboxylic acids is 1. The maximum atomic E-state index is 12.0. The summed E-state index contributed by atoms with van der Waals surface area (Å²) in [5.74, 6) is 0.0193. The number of carbonyl (C=O) groups is 1. The molecule has 1 atom stereocenters. The predicted octanol–water partition coefficient (Wildman–Crippen LogP) is 0.629. The summed E-state index contributed by atoms with van der Waals surface area (Å²) in [6.45, 7) is 2.05. The van der Waals surface area contributed by atoms with Crippen LogP contribution in [-0.4, -0.2) is 27.2 Å². The molecule has 104 valence electrons. The van der Waals surface area contributed by atoms with E-state index in [0.717, 1.165) is 24.5 Å². The van der Waals surface area contributed by atoms with E-state index in [4.69, 9.17) is 0 Å². The lowest BCUT2D eigenvalue weighted by Crippen LogP contribution is -2.37. The van der Waals surface area contributed by atoms with Gasteiger partial charge in [-0.05, 0) is 18.2 Å². The molecular formula is C14H17N5O. The summed E-state index contributed by atoms with van der Waals surface area (Å²) in [6, 6.07) is 7.73. The molecule has 0 saturated carbocycles. The molecule has 6 heteroatoms. The molecule has 1 amide bonds. The molecule has 2 aromatic rings. The number of aromatic nitrogens is 3. The second-order valence-electron chi connectivity index (χ2n) is 4.85. The molecule has 1 aliphatic rings. The molecule has 1 unspecified atom stereocenters. The van der Waals surface area contributed by atoms with Crippen molar-refractivity contribution in [3.8, 4) is 0 Å². The Morgan fingerprint density at radius 3 is 3.20 bits per heavy atom. The van der Waals surface area contributed by atoms with Crippen LogP contribution in [0.15, 0.2) is 36.7 Å². The second kappa shape index (κ2) is 5.83. The summed E-state index contributed by atoms with van der Waals surface area (Å²) in [7, 11) is 0. The van der Waals surface area contributed by atoms with Crippen LogP contribution in [0.25, 0.3) is 0 Å². The van der Waals surface area contributed by atoms with Crippen LogP contribution in [0.5, 0.6) is 0 Å². The standard InChI is InChI=1S/C14H17N5O/c20-14(17-8-11-3-1-2-5-16-11)7-13-10-15-9-12-4-6-18-19(12)13/h1-6,13,15H,7-10H2,(H,17,20). The molecule has 1 aliphatic heterocycles. The average Bonchev–Trinajstić information content (AvgIpc) is 2.96. The maximum Gasteiger partial charge on any atom is 0.222 e. The molecule has 0 fully saturated rings. The number of nitrogens with one attached hydrogen (secondary N) is 2. The van der Waals surface area contributed by atoms with Gasteiger partial charge in [-0.1, -0.05) is 6.07 Å². The van der Waals surface area contributed by atoms with Crippen LogP contribution in [0.3, 0.4) is 0 Å². The lowest BCUT2D eigenvalue weighted by Gasteiger charge is -2.25. The number of hydrogen-bond donors (Lipinski definition) is 2. The van der Waals surface area contributed by atoms with E-state index in [0.29, 0.717) is 13.0 Å². The number of hydrogen-bond acceptors (Lipinski definition) is 4. The van der Waals surface area contributed by atoms with Crippen molar-refractivity contribution in [3.63, 3.8) is 0 Å². The first-order chi connectivity index (χ1) is 9.83. The Labute approximate surface area is 117 Å². The van der Waals surface area contributed by atoms with Crippen LogP contribution >= 0.6 is 0 Å². The summed E-state index contributed by atoms with van der Waals surface area (Å²) < 4.78 is 1.94. The first kappa shape index (κ1) is 12.8. The zero-order valence-corrected chi connectivity index (χ0v) is 11.1. The topological polar surface area (TPSA) is 71.8 Å². The van der Waals surface area contributed by atoms with Gasteiger partial charge in [0, 0.05) is 25.5 Å². The van der Waals surface area contributed by atoms with Crippen LogP contribution in [0.4, 0.5) is 0 Å². The van der Waals surface area contributed by atoms with Crippen LogP contribution in [0, 0.1) is 0 Å². The molecule has 0 radical (unpaired) electrons. The van der Waals surface area contributed by atoms with Gasteiger partial charge in [0.2, 0.25) is 5.91 Å². The number of fused-ring (bicyclic) bond motifs is 1. The van der Waals surface area contributed by atoms with Gasteiger partial charge in [0.1, 0.15) is 0 Å². The van der Waals surface area contributed by atoms with Crippen molar-refractivity contribution in [1.29, 1.82) is 0 Å². The van der Waals surface area contributed by atoms with Gasteiger partial charge < -0.3 is 10.6 Å². The Bertz CT molecular complexity index is 580. The van der Waals surface area contributed by atoms with Gasteiger partial charge in [0.25, 0.3) is 0 Å². The fourth-order valence-electron chi connectivity index (χ4n) is 2.40. The Hall–Kier alpha value is -2.21. The minimum Gasteiger partial charge on any atom is -0.350 e. The normalized spacial score (nSPS) is 17.5. The number of pyridine rings is 1. The van der Waals surface area contributed by atoms with Crippen molar-refractivity contribution in [2.45, 2.75) is 25.6 Å². The zero-order valence-electron chi connectivity index (χ0n) is 11.1. The van der Waals surface area contributed by atoms with Crippen molar-refractivity contribution in [2.75, 3.05) is 6.54 Å². The Balaban J connectivity index is 1.55. The van der Waals surface area contributed by atoms with E-state index in [9.17, 15) is 4.79 Å². The zero-order chi connectivity index (χ0) is 13.8. The van der Waals surface area contributed by atoms with Crippen LogP contribution in [-0.2, 0) is 17.9 Å². The highest BCUT2D eigenvalue weighted by atomic mass is 16.1. The van der Waals surface area contributed by atoms with E-state index in [1.54, 1.807) is 12.4 Å². The van der Waals surface area contributed by atoms with Gasteiger partial charge in [0.15, 0.2) is 0 Å². The third-order valence-electron chi connectivity index (χ3n) is 3.40. The molecule has 20 heavy (non-hydrogen) atoms. The van der Waals surface area contributed by atoms with Gasteiger partial charge >= 0.3 is 0 Å². The predicted molar refractivity (Wildman–Crippen MR) is 73.7 cm³/mol. The third kappa shape index (κ3) is 2.85. The summed E-state index contributed by atoms with van der Waals surface area (Å²) in [6.07, 6.45) is 3.93. The first-order valence-corrected chi connectivity index (χ1v) is 6.72. The van der Waals surface area contributed by atoms with Crippen molar-refractivity contribution < 1.29 is 4.79 Å². The Kier molecular flexibility index (Phi) is 3.73. The van der Waals surface area contributed by atoms with E-state index in [2.05, 4.69) is 20.7 Å². The van der Waals surface area contributed by atoms with E-state index < -0.39 is 0 Å². The van der Waals surface area contributed by atoms with Crippen molar-refractivity contribution in [1.82, 2.24) is 25.4 Å². The number of rotatable bonds is 4. The fourth-order valence-corrected chi connectivity index (χ4v) is 2.40. The number of amides is 1. The molecular weight excluding hydrogens is 254 g/mol. The summed E-state index contributed by atoms with van der Waals surface area (Å²) >= 11 is 0. The minimum absolute atomic E-state index is 0.0193. The third-order valence-corrected chi connectivity index (χ3v) is 3.40. The van der Waals surface area contributed by atoms with E-state index in [1.165, 1.54) is 0 Å². The maximum absolute atomic E-state index is 12.0. The summed E-state index contributed by atoms with van der Waals surface area (Å²) in [5.41, 5.74) is 1.99. The summed E-state index contributed by atoms with van der Waals surface area (Å²) in [4.78, 5) is 16.2. The van der Waals surface area contributed by atoms with Crippen LogP contribution < -0.4 is 10.6 Å². The largest absolute Gasteiger partial charge is 0.350 e. The van der Waals surface area contributed by atoms with Crippen molar-refractivity contribution in [2.24, 2.45) is 0 Å². The van der Waals surface area contributed by atoms with Gasteiger partial charge in [-0.2, -0.15) is 5.10 Å². The number of nitrogens with zero attached hydrogens (tertiary/aromatic N) is 3. The minimum atomic E-state index is 0.0193.